The van der Waals surface area contributed by atoms with Crippen molar-refractivity contribution in [3.8, 4) is 11.6 Å². The molecule has 0 unspecified atom stereocenters. The van der Waals surface area contributed by atoms with Gasteiger partial charge in [0.2, 0.25) is 0 Å². The van der Waals surface area contributed by atoms with E-state index in [1.807, 2.05) is 0 Å². The zero-order valence-electron chi connectivity index (χ0n) is 16.7. The first-order valence-corrected chi connectivity index (χ1v) is 9.86. The summed E-state index contributed by atoms with van der Waals surface area (Å²) in [6, 6.07) is 5.05. The van der Waals surface area contributed by atoms with Crippen LogP contribution < -0.4 is 5.32 Å². The summed E-state index contributed by atoms with van der Waals surface area (Å²) in [6.07, 6.45) is 2.67. The van der Waals surface area contributed by atoms with Gasteiger partial charge in [0.15, 0.2) is 23.0 Å². The predicted molar refractivity (Wildman–Crippen MR) is 112 cm³/mol. The Bertz CT molecular complexity index is 1520. The molecule has 0 bridgehead atoms. The fraction of sp³-hybridized carbons (Fsp3) is 0.0500. The van der Waals surface area contributed by atoms with E-state index in [1.165, 1.54) is 35.5 Å². The van der Waals surface area contributed by atoms with Crippen molar-refractivity contribution in [2.24, 2.45) is 0 Å². The Labute approximate surface area is 192 Å². The van der Waals surface area contributed by atoms with Crippen LogP contribution >= 0.6 is 11.6 Å². The molecular weight excluding hydrogens is 480 g/mol. The van der Waals surface area contributed by atoms with E-state index in [4.69, 9.17) is 11.6 Å². The topological polar surface area (TPSA) is 94.9 Å². The number of carbonyl (C=O) groups excluding carboxylic acids is 1. The molecule has 0 fully saturated rings. The van der Waals surface area contributed by atoms with E-state index in [1.54, 1.807) is 12.3 Å². The summed E-state index contributed by atoms with van der Waals surface area (Å²) in [7, 11) is 0. The average molecular weight is 491 g/mol. The maximum absolute atomic E-state index is 14.0. The molecule has 0 aromatic carbocycles. The molecule has 14 heteroatoms. The van der Waals surface area contributed by atoms with Crippen LogP contribution in [0.5, 0.6) is 0 Å². The van der Waals surface area contributed by atoms with Gasteiger partial charge in [0.05, 0.1) is 28.7 Å². The number of nitrogens with one attached hydrogen (secondary N) is 1. The molecule has 34 heavy (non-hydrogen) atoms. The van der Waals surface area contributed by atoms with E-state index in [2.05, 4.69) is 25.5 Å². The van der Waals surface area contributed by atoms with E-state index in [0.717, 1.165) is 22.7 Å². The van der Waals surface area contributed by atoms with Gasteiger partial charge in [-0.05, 0) is 24.3 Å². The number of fused-ring (bicyclic) bond motifs is 1. The second-order valence-electron chi connectivity index (χ2n) is 6.91. The lowest BCUT2D eigenvalue weighted by Crippen LogP contribution is -2.21. The van der Waals surface area contributed by atoms with Crippen LogP contribution in [0.25, 0.3) is 17.3 Å². The van der Waals surface area contributed by atoms with Crippen LogP contribution in [0.1, 0.15) is 16.1 Å². The number of imidazole rings is 1. The number of rotatable bonds is 4. The van der Waals surface area contributed by atoms with Gasteiger partial charge >= 0.3 is 6.18 Å². The lowest BCUT2D eigenvalue weighted by molar-refractivity contribution is -0.143. The highest BCUT2D eigenvalue weighted by molar-refractivity contribution is 6.32. The van der Waals surface area contributed by atoms with Gasteiger partial charge in [0.25, 0.3) is 5.91 Å². The van der Waals surface area contributed by atoms with Crippen LogP contribution in [0, 0.1) is 5.82 Å². The third kappa shape index (κ3) is 3.65. The van der Waals surface area contributed by atoms with Crippen molar-refractivity contribution in [1.29, 1.82) is 0 Å². The summed E-state index contributed by atoms with van der Waals surface area (Å²) in [6.45, 7) is 0. The average Bonchev–Trinajstić information content (AvgIpc) is 3.54. The number of nitrogens with zero attached hydrogens (tertiary/aromatic N) is 7. The number of amides is 1. The molecule has 5 aromatic rings. The first-order chi connectivity index (χ1) is 16.2. The smallest absolute Gasteiger partial charge is 0.320 e. The monoisotopic (exact) mass is 490 g/mol. The number of alkyl halides is 3. The molecule has 9 nitrogen and oxygen atoms in total. The Hall–Kier alpha value is -4.26. The zero-order chi connectivity index (χ0) is 24.0. The summed E-state index contributed by atoms with van der Waals surface area (Å²) in [5, 5.41) is 10.2. The van der Waals surface area contributed by atoms with Crippen LogP contribution in [0.2, 0.25) is 5.02 Å². The van der Waals surface area contributed by atoms with E-state index >= 15 is 0 Å². The van der Waals surface area contributed by atoms with Gasteiger partial charge in [-0.2, -0.15) is 23.4 Å². The molecule has 0 aliphatic rings. The van der Waals surface area contributed by atoms with Gasteiger partial charge in [-0.25, -0.2) is 23.7 Å². The highest BCUT2D eigenvalue weighted by atomic mass is 35.5. The molecule has 0 atom stereocenters. The summed E-state index contributed by atoms with van der Waals surface area (Å²) in [5.41, 5.74) is -2.23. The number of aromatic nitrogens is 7. The summed E-state index contributed by atoms with van der Waals surface area (Å²) >= 11 is 6.19. The molecule has 0 aliphatic carbocycles. The Morgan fingerprint density at radius 3 is 2.59 bits per heavy atom. The molecule has 1 N–H and O–H groups in total. The van der Waals surface area contributed by atoms with Crippen LogP contribution in [0.3, 0.4) is 0 Å². The van der Waals surface area contributed by atoms with Crippen molar-refractivity contribution in [2.45, 2.75) is 6.18 Å². The van der Waals surface area contributed by atoms with Gasteiger partial charge in [0, 0.05) is 24.8 Å². The van der Waals surface area contributed by atoms with Crippen molar-refractivity contribution in [1.82, 2.24) is 33.9 Å². The molecule has 5 aromatic heterocycles. The number of carbonyl (C=O) groups is 1. The maximum Gasteiger partial charge on any atom is 0.434 e. The molecular formula is C20H11ClF4N8O. The largest absolute Gasteiger partial charge is 0.434 e. The first kappa shape index (κ1) is 21.6. The minimum atomic E-state index is -4.97. The second kappa shape index (κ2) is 7.95. The van der Waals surface area contributed by atoms with Crippen LogP contribution in [0.15, 0.2) is 61.4 Å². The summed E-state index contributed by atoms with van der Waals surface area (Å²) in [5.74, 6) is -1.70. The molecule has 5 rings (SSSR count). The fourth-order valence-electron chi connectivity index (χ4n) is 3.36. The Kier molecular flexibility index (Phi) is 5.05. The minimum absolute atomic E-state index is 0.0607. The Morgan fingerprint density at radius 2 is 1.88 bits per heavy atom. The fourth-order valence-corrected chi connectivity index (χ4v) is 3.61. The lowest BCUT2D eigenvalue weighted by atomic mass is 10.2. The molecule has 0 saturated carbocycles. The molecule has 5 heterocycles. The highest BCUT2D eigenvalue weighted by Gasteiger charge is 2.41. The zero-order valence-corrected chi connectivity index (χ0v) is 17.5. The molecule has 0 radical (unpaired) electrons. The number of anilines is 1. The normalized spacial score (nSPS) is 11.8. The Balaban J connectivity index is 1.53. The van der Waals surface area contributed by atoms with Crippen LogP contribution in [0.4, 0.5) is 23.2 Å². The third-order valence-corrected chi connectivity index (χ3v) is 5.06. The first-order valence-electron chi connectivity index (χ1n) is 9.48. The van der Waals surface area contributed by atoms with Crippen LogP contribution in [-0.2, 0) is 6.18 Å². The standard InChI is InChI=1S/C20H11ClF4N8O/c21-13-8-11(9-27-17(13)32-6-1-4-28-32)30-19(34)12-10-29-33(16(12)20(23,24)25)15-3-2-14(22)18-26-5-7-31(15)18/h1-10H,(H,30,34). The summed E-state index contributed by atoms with van der Waals surface area (Å²) < 4.78 is 59.0. The van der Waals surface area contributed by atoms with Gasteiger partial charge in [-0.1, -0.05) is 11.6 Å². The van der Waals surface area contributed by atoms with Crippen LogP contribution in [-0.4, -0.2) is 39.8 Å². The SMILES string of the molecule is O=C(Nc1cnc(-n2cccn2)c(Cl)c1)c1cnn(-c2ccc(F)c3nccn23)c1C(F)(F)F. The molecule has 1 amide bonds. The van der Waals surface area contributed by atoms with Crippen molar-refractivity contribution < 1.29 is 22.4 Å². The lowest BCUT2D eigenvalue weighted by Gasteiger charge is -2.14. The van der Waals surface area contributed by atoms with E-state index in [-0.39, 0.29) is 28.0 Å². The van der Waals surface area contributed by atoms with Crippen molar-refractivity contribution in [2.75, 3.05) is 5.32 Å². The number of hydrogen-bond donors (Lipinski definition) is 1. The van der Waals surface area contributed by atoms with Crippen molar-refractivity contribution in [3.05, 3.63) is 83.5 Å². The molecule has 0 saturated heterocycles. The molecule has 0 spiro atoms. The van der Waals surface area contributed by atoms with E-state index in [0.29, 0.717) is 4.68 Å². The summed E-state index contributed by atoms with van der Waals surface area (Å²) in [4.78, 5) is 20.7. The maximum atomic E-state index is 14.0. The van der Waals surface area contributed by atoms with Gasteiger partial charge in [-0.3, -0.25) is 9.20 Å². The number of halogens is 5. The number of hydrogen-bond acceptors (Lipinski definition) is 5. The van der Waals surface area contributed by atoms with Gasteiger partial charge in [0.1, 0.15) is 5.82 Å². The quantitative estimate of drug-likeness (QED) is 0.382. The van der Waals surface area contributed by atoms with E-state index < -0.39 is 29.2 Å². The molecule has 0 aliphatic heterocycles. The highest BCUT2D eigenvalue weighted by Crippen LogP contribution is 2.34. The number of pyridine rings is 2. The predicted octanol–water partition coefficient (Wildman–Crippen LogP) is 4.16. The van der Waals surface area contributed by atoms with Gasteiger partial charge < -0.3 is 5.32 Å². The van der Waals surface area contributed by atoms with Crippen molar-refractivity contribution >= 4 is 28.8 Å². The third-order valence-electron chi connectivity index (χ3n) is 4.78. The second-order valence-corrected chi connectivity index (χ2v) is 7.32. The Morgan fingerprint density at radius 1 is 1.06 bits per heavy atom. The van der Waals surface area contributed by atoms with Crippen molar-refractivity contribution in [3.63, 3.8) is 0 Å². The minimum Gasteiger partial charge on any atom is -0.320 e. The van der Waals surface area contributed by atoms with Gasteiger partial charge in [-0.15, -0.1) is 0 Å². The van der Waals surface area contributed by atoms with E-state index in [9.17, 15) is 22.4 Å². The molecule has 172 valence electrons.